The van der Waals surface area contributed by atoms with Gasteiger partial charge >= 0.3 is 0 Å². The quantitative estimate of drug-likeness (QED) is 0.446. The van der Waals surface area contributed by atoms with Gasteiger partial charge in [0, 0.05) is 23.6 Å². The molecule has 1 fully saturated rings. The number of oxazole rings is 1. The van der Waals surface area contributed by atoms with Crippen molar-refractivity contribution in [2.75, 3.05) is 13.1 Å². The smallest absolute Gasteiger partial charge is 0.228 e. The fourth-order valence-electron chi connectivity index (χ4n) is 3.91. The fraction of sp³-hybridized carbons (Fsp3) is 0.318. The lowest BCUT2D eigenvalue weighted by Crippen LogP contribution is -2.35. The maximum atomic E-state index is 6.06. The standard InChI is InChI=1S/C22H21ClN4O2/c23-16-7-5-6-15(14-16)21-25-20(29-26-21)11-13-27-12-4-3-9-18(27)22-24-17-8-1-2-10-19(17)28-22/h1-2,5-8,10,14,18H,3-4,9,11-13H2/t18-/m1/s1. The summed E-state index contributed by atoms with van der Waals surface area (Å²) < 4.78 is 11.5. The van der Waals surface area contributed by atoms with E-state index in [2.05, 4.69) is 15.0 Å². The second-order valence-electron chi connectivity index (χ2n) is 7.34. The van der Waals surface area contributed by atoms with Crippen LogP contribution in [0.15, 0.2) is 57.5 Å². The molecule has 4 aromatic rings. The van der Waals surface area contributed by atoms with E-state index in [1.54, 1.807) is 0 Å². The Kier molecular flexibility index (Phi) is 5.04. The molecule has 5 rings (SSSR count). The van der Waals surface area contributed by atoms with Gasteiger partial charge in [0.1, 0.15) is 5.52 Å². The van der Waals surface area contributed by atoms with Gasteiger partial charge in [0.2, 0.25) is 17.6 Å². The van der Waals surface area contributed by atoms with Gasteiger partial charge in [-0.05, 0) is 43.7 Å². The molecule has 7 heteroatoms. The van der Waals surface area contributed by atoms with Crippen LogP contribution in [-0.4, -0.2) is 33.1 Å². The van der Waals surface area contributed by atoms with Crippen molar-refractivity contribution in [3.63, 3.8) is 0 Å². The Bertz CT molecular complexity index is 1090. The van der Waals surface area contributed by atoms with E-state index in [0.29, 0.717) is 23.2 Å². The van der Waals surface area contributed by atoms with E-state index < -0.39 is 0 Å². The third kappa shape index (κ3) is 3.91. The summed E-state index contributed by atoms with van der Waals surface area (Å²) in [6.07, 6.45) is 4.09. The van der Waals surface area contributed by atoms with Gasteiger partial charge in [-0.25, -0.2) is 4.98 Å². The van der Waals surface area contributed by atoms with Gasteiger partial charge in [0.25, 0.3) is 0 Å². The molecule has 0 saturated carbocycles. The van der Waals surface area contributed by atoms with Crippen LogP contribution in [0, 0.1) is 0 Å². The van der Waals surface area contributed by atoms with Crippen LogP contribution in [0.25, 0.3) is 22.5 Å². The molecular weight excluding hydrogens is 388 g/mol. The van der Waals surface area contributed by atoms with E-state index in [1.807, 2.05) is 48.5 Å². The summed E-state index contributed by atoms with van der Waals surface area (Å²) in [6.45, 7) is 1.83. The molecule has 3 heterocycles. The van der Waals surface area contributed by atoms with Crippen LogP contribution in [0.3, 0.4) is 0 Å². The SMILES string of the molecule is Clc1cccc(-c2noc(CCN3CCCC[C@@H]3c3nc4ccccc4o3)n2)c1. The van der Waals surface area contributed by atoms with Crippen molar-refractivity contribution in [1.82, 2.24) is 20.0 Å². The normalized spacial score (nSPS) is 17.8. The second kappa shape index (κ2) is 7.97. The number of piperidine rings is 1. The van der Waals surface area contributed by atoms with Crippen LogP contribution in [0.5, 0.6) is 0 Å². The van der Waals surface area contributed by atoms with Crippen LogP contribution in [0.1, 0.15) is 37.1 Å². The molecule has 0 radical (unpaired) electrons. The van der Waals surface area contributed by atoms with E-state index >= 15 is 0 Å². The predicted molar refractivity (Wildman–Crippen MR) is 111 cm³/mol. The van der Waals surface area contributed by atoms with E-state index in [0.717, 1.165) is 42.1 Å². The molecule has 0 N–H and O–H groups in total. The minimum atomic E-state index is 0.187. The molecule has 0 unspecified atom stereocenters. The topological polar surface area (TPSA) is 68.2 Å². The van der Waals surface area contributed by atoms with Crippen molar-refractivity contribution >= 4 is 22.7 Å². The van der Waals surface area contributed by atoms with Crippen molar-refractivity contribution in [3.05, 3.63) is 65.3 Å². The highest BCUT2D eigenvalue weighted by Gasteiger charge is 2.28. The Hall–Kier alpha value is -2.70. The van der Waals surface area contributed by atoms with Gasteiger partial charge in [-0.1, -0.05) is 47.4 Å². The first kappa shape index (κ1) is 18.3. The van der Waals surface area contributed by atoms with Crippen molar-refractivity contribution < 1.29 is 8.94 Å². The van der Waals surface area contributed by atoms with Gasteiger partial charge in [-0.3, -0.25) is 4.90 Å². The van der Waals surface area contributed by atoms with Crippen LogP contribution in [0.4, 0.5) is 0 Å². The summed E-state index contributed by atoms with van der Waals surface area (Å²) in [5.74, 6) is 1.99. The number of para-hydroxylation sites is 2. The lowest BCUT2D eigenvalue weighted by molar-refractivity contribution is 0.125. The third-order valence-corrected chi connectivity index (χ3v) is 5.61. The minimum absolute atomic E-state index is 0.187. The van der Waals surface area contributed by atoms with Crippen molar-refractivity contribution in [2.24, 2.45) is 0 Å². The highest BCUT2D eigenvalue weighted by molar-refractivity contribution is 6.30. The Labute approximate surface area is 173 Å². The number of nitrogens with zero attached hydrogens (tertiary/aromatic N) is 4. The Morgan fingerprint density at radius 3 is 2.90 bits per heavy atom. The zero-order chi connectivity index (χ0) is 19.6. The average molecular weight is 409 g/mol. The van der Waals surface area contributed by atoms with E-state index in [9.17, 15) is 0 Å². The van der Waals surface area contributed by atoms with E-state index in [-0.39, 0.29) is 6.04 Å². The molecule has 0 spiro atoms. The number of halogens is 1. The lowest BCUT2D eigenvalue weighted by Gasteiger charge is -2.33. The number of benzene rings is 2. The highest BCUT2D eigenvalue weighted by atomic mass is 35.5. The van der Waals surface area contributed by atoms with Crippen LogP contribution in [0.2, 0.25) is 5.02 Å². The number of fused-ring (bicyclic) bond motifs is 1. The number of aromatic nitrogens is 3. The molecule has 1 atom stereocenters. The number of hydrogen-bond acceptors (Lipinski definition) is 6. The van der Waals surface area contributed by atoms with Gasteiger partial charge in [-0.15, -0.1) is 0 Å². The summed E-state index contributed by atoms with van der Waals surface area (Å²) in [4.78, 5) is 11.7. The molecule has 29 heavy (non-hydrogen) atoms. The molecule has 1 aliphatic heterocycles. The largest absolute Gasteiger partial charge is 0.439 e. The lowest BCUT2D eigenvalue weighted by atomic mass is 10.0. The van der Waals surface area contributed by atoms with Crippen LogP contribution in [-0.2, 0) is 6.42 Å². The van der Waals surface area contributed by atoms with Crippen molar-refractivity contribution in [3.8, 4) is 11.4 Å². The molecule has 1 aliphatic rings. The van der Waals surface area contributed by atoms with Crippen LogP contribution >= 0.6 is 11.6 Å². The van der Waals surface area contributed by atoms with Crippen molar-refractivity contribution in [2.45, 2.75) is 31.7 Å². The molecule has 0 bridgehead atoms. The Morgan fingerprint density at radius 1 is 1.07 bits per heavy atom. The molecule has 148 valence electrons. The second-order valence-corrected chi connectivity index (χ2v) is 7.78. The Morgan fingerprint density at radius 2 is 2.00 bits per heavy atom. The zero-order valence-corrected chi connectivity index (χ0v) is 16.7. The van der Waals surface area contributed by atoms with E-state index in [1.165, 1.54) is 12.8 Å². The number of rotatable bonds is 5. The average Bonchev–Trinajstić information content (AvgIpc) is 3.39. The first-order valence-corrected chi connectivity index (χ1v) is 10.3. The molecule has 2 aromatic carbocycles. The van der Waals surface area contributed by atoms with Gasteiger partial charge in [0.15, 0.2) is 5.58 Å². The number of likely N-dealkylation sites (tertiary alicyclic amines) is 1. The molecule has 0 aliphatic carbocycles. The summed E-state index contributed by atoms with van der Waals surface area (Å²) in [5.41, 5.74) is 2.61. The fourth-order valence-corrected chi connectivity index (χ4v) is 4.10. The summed E-state index contributed by atoms with van der Waals surface area (Å²) >= 11 is 6.06. The van der Waals surface area contributed by atoms with Crippen molar-refractivity contribution in [1.29, 1.82) is 0 Å². The first-order valence-electron chi connectivity index (χ1n) is 9.94. The molecule has 2 aromatic heterocycles. The monoisotopic (exact) mass is 408 g/mol. The molecule has 0 amide bonds. The summed E-state index contributed by atoms with van der Waals surface area (Å²) in [6, 6.07) is 15.6. The predicted octanol–water partition coefficient (Wildman–Crippen LogP) is 5.30. The Balaban J connectivity index is 1.30. The van der Waals surface area contributed by atoms with Gasteiger partial charge in [0.05, 0.1) is 6.04 Å². The van der Waals surface area contributed by atoms with Crippen LogP contribution < -0.4 is 0 Å². The molecular formula is C22H21ClN4O2. The summed E-state index contributed by atoms with van der Waals surface area (Å²) in [7, 11) is 0. The molecule has 6 nitrogen and oxygen atoms in total. The highest BCUT2D eigenvalue weighted by Crippen LogP contribution is 2.32. The first-order chi connectivity index (χ1) is 14.3. The molecule has 1 saturated heterocycles. The van der Waals surface area contributed by atoms with Gasteiger partial charge in [-0.2, -0.15) is 4.98 Å². The third-order valence-electron chi connectivity index (χ3n) is 5.37. The maximum Gasteiger partial charge on any atom is 0.228 e. The summed E-state index contributed by atoms with van der Waals surface area (Å²) in [5, 5.41) is 4.76. The van der Waals surface area contributed by atoms with Gasteiger partial charge < -0.3 is 8.94 Å². The number of hydrogen-bond donors (Lipinski definition) is 0. The van der Waals surface area contributed by atoms with E-state index in [4.69, 9.17) is 25.5 Å². The zero-order valence-electron chi connectivity index (χ0n) is 15.9. The minimum Gasteiger partial charge on any atom is -0.439 e. The maximum absolute atomic E-state index is 6.06.